The van der Waals surface area contributed by atoms with Crippen LogP contribution in [-0.2, 0) is 11.2 Å². The van der Waals surface area contributed by atoms with E-state index >= 15 is 0 Å². The molecule has 1 aliphatic rings. The second-order valence-corrected chi connectivity index (χ2v) is 4.22. The Bertz CT molecular complexity index is 429. The van der Waals surface area contributed by atoms with Crippen molar-refractivity contribution in [3.8, 4) is 5.75 Å². The van der Waals surface area contributed by atoms with Gasteiger partial charge in [0.25, 0.3) is 0 Å². The third-order valence-electron chi connectivity index (χ3n) is 2.94. The Morgan fingerprint density at radius 3 is 3.00 bits per heavy atom. The van der Waals surface area contributed by atoms with E-state index in [9.17, 15) is 4.79 Å². The second-order valence-electron chi connectivity index (χ2n) is 4.22. The van der Waals surface area contributed by atoms with Crippen LogP contribution in [0.3, 0.4) is 0 Å². The molecule has 4 heteroatoms. The van der Waals surface area contributed by atoms with E-state index < -0.39 is 6.04 Å². The Balaban J connectivity index is 2.32. The van der Waals surface area contributed by atoms with Gasteiger partial charge < -0.3 is 15.4 Å². The molecule has 0 bridgehead atoms. The lowest BCUT2D eigenvalue weighted by Crippen LogP contribution is -2.41. The smallest absolute Gasteiger partial charge is 0.243 e. The van der Waals surface area contributed by atoms with Crippen molar-refractivity contribution in [3.05, 3.63) is 23.8 Å². The minimum absolute atomic E-state index is 0.0302. The maximum Gasteiger partial charge on any atom is 0.243 e. The molecule has 0 unspecified atom stereocenters. The van der Waals surface area contributed by atoms with Crippen LogP contribution < -0.4 is 15.4 Å². The number of hydrogen-bond acceptors (Lipinski definition) is 3. The number of anilines is 1. The molecule has 0 saturated carbocycles. The van der Waals surface area contributed by atoms with Gasteiger partial charge in [-0.25, -0.2) is 0 Å². The quantitative estimate of drug-likeness (QED) is 0.858. The summed E-state index contributed by atoms with van der Waals surface area (Å²) in [6, 6.07) is 5.35. The molecule has 17 heavy (non-hydrogen) atoms. The number of benzene rings is 1. The zero-order chi connectivity index (χ0) is 12.4. The fourth-order valence-electron chi connectivity index (χ4n) is 2.17. The highest BCUT2D eigenvalue weighted by Crippen LogP contribution is 2.35. The zero-order valence-corrected chi connectivity index (χ0v) is 10.3. The predicted octanol–water partition coefficient (Wildman–Crippen LogP) is 1.32. The van der Waals surface area contributed by atoms with Gasteiger partial charge in [0.15, 0.2) is 0 Å². The van der Waals surface area contributed by atoms with E-state index in [0.717, 1.165) is 23.4 Å². The number of ether oxygens (including phenoxy) is 1. The number of amides is 1. The van der Waals surface area contributed by atoms with E-state index in [1.54, 1.807) is 11.8 Å². The Morgan fingerprint density at radius 1 is 1.59 bits per heavy atom. The third-order valence-corrected chi connectivity index (χ3v) is 2.94. The number of carbonyl (C=O) groups excluding carboxylic acids is 1. The Hall–Kier alpha value is -1.55. The average molecular weight is 234 g/mol. The molecule has 0 spiro atoms. The minimum atomic E-state index is -0.461. The zero-order valence-electron chi connectivity index (χ0n) is 10.3. The van der Waals surface area contributed by atoms with Gasteiger partial charge in [-0.15, -0.1) is 0 Å². The van der Waals surface area contributed by atoms with E-state index in [1.165, 1.54) is 0 Å². The number of nitrogens with two attached hydrogens (primary N) is 1. The first kappa shape index (κ1) is 11.9. The van der Waals surface area contributed by atoms with Gasteiger partial charge in [-0.2, -0.15) is 0 Å². The van der Waals surface area contributed by atoms with Crippen molar-refractivity contribution in [2.75, 3.05) is 18.1 Å². The maximum atomic E-state index is 11.9. The van der Waals surface area contributed by atoms with Crippen LogP contribution in [0.2, 0.25) is 0 Å². The average Bonchev–Trinajstić information content (AvgIpc) is 2.73. The highest BCUT2D eigenvalue weighted by molar-refractivity contribution is 5.99. The number of carbonyl (C=O) groups is 1. The van der Waals surface area contributed by atoms with Crippen LogP contribution >= 0.6 is 0 Å². The SMILES string of the molecule is CCOc1cccc2c1CCN2C(=O)[C@@H](C)N. The molecule has 92 valence electrons. The molecule has 4 nitrogen and oxygen atoms in total. The maximum absolute atomic E-state index is 11.9. The molecular weight excluding hydrogens is 216 g/mol. The van der Waals surface area contributed by atoms with Crippen LogP contribution in [0.15, 0.2) is 18.2 Å². The molecule has 2 rings (SSSR count). The van der Waals surface area contributed by atoms with Gasteiger partial charge in [-0.05, 0) is 32.4 Å². The monoisotopic (exact) mass is 234 g/mol. The lowest BCUT2D eigenvalue weighted by molar-refractivity contribution is -0.119. The van der Waals surface area contributed by atoms with Crippen LogP contribution in [0.5, 0.6) is 5.75 Å². The lowest BCUT2D eigenvalue weighted by Gasteiger charge is -2.19. The normalized spacial score (nSPS) is 15.6. The summed E-state index contributed by atoms with van der Waals surface area (Å²) in [6.45, 7) is 5.00. The van der Waals surface area contributed by atoms with Crippen LogP contribution in [-0.4, -0.2) is 25.1 Å². The van der Waals surface area contributed by atoms with Crippen molar-refractivity contribution >= 4 is 11.6 Å². The van der Waals surface area contributed by atoms with Crippen molar-refractivity contribution in [2.45, 2.75) is 26.3 Å². The Labute approximate surface area is 101 Å². The second kappa shape index (κ2) is 4.75. The first-order valence-electron chi connectivity index (χ1n) is 5.96. The van der Waals surface area contributed by atoms with Crippen molar-refractivity contribution in [3.63, 3.8) is 0 Å². The van der Waals surface area contributed by atoms with Gasteiger partial charge in [0.05, 0.1) is 18.3 Å². The summed E-state index contributed by atoms with van der Waals surface area (Å²) in [6.07, 6.45) is 0.837. The van der Waals surface area contributed by atoms with Gasteiger partial charge in [0.2, 0.25) is 5.91 Å². The molecule has 1 aromatic rings. The molecule has 0 aromatic heterocycles. The van der Waals surface area contributed by atoms with Gasteiger partial charge in [0, 0.05) is 12.1 Å². The molecular formula is C13H18N2O2. The first-order chi connectivity index (χ1) is 8.15. The number of rotatable bonds is 3. The van der Waals surface area contributed by atoms with Crippen LogP contribution in [0.4, 0.5) is 5.69 Å². The standard InChI is InChI=1S/C13H18N2O2/c1-3-17-12-6-4-5-11-10(12)7-8-15(11)13(16)9(2)14/h4-6,9H,3,7-8,14H2,1-2H3/t9-/m1/s1. The summed E-state index contributed by atoms with van der Waals surface area (Å²) in [7, 11) is 0. The summed E-state index contributed by atoms with van der Waals surface area (Å²) in [4.78, 5) is 13.7. The molecule has 1 aliphatic heterocycles. The fraction of sp³-hybridized carbons (Fsp3) is 0.462. The van der Waals surface area contributed by atoms with Gasteiger partial charge in [0.1, 0.15) is 5.75 Å². The van der Waals surface area contributed by atoms with E-state index in [2.05, 4.69) is 0 Å². The molecule has 0 fully saturated rings. The topological polar surface area (TPSA) is 55.6 Å². The van der Waals surface area contributed by atoms with Crippen molar-refractivity contribution < 1.29 is 9.53 Å². The van der Waals surface area contributed by atoms with E-state index in [0.29, 0.717) is 13.2 Å². The first-order valence-corrected chi connectivity index (χ1v) is 5.96. The summed E-state index contributed by atoms with van der Waals surface area (Å²) in [5, 5.41) is 0. The fourth-order valence-corrected chi connectivity index (χ4v) is 2.17. The largest absolute Gasteiger partial charge is 0.494 e. The summed E-state index contributed by atoms with van der Waals surface area (Å²) >= 11 is 0. The predicted molar refractivity (Wildman–Crippen MR) is 67.3 cm³/mol. The molecule has 1 amide bonds. The van der Waals surface area contributed by atoms with Gasteiger partial charge >= 0.3 is 0 Å². The Kier molecular flexibility index (Phi) is 3.33. The number of hydrogen-bond donors (Lipinski definition) is 1. The van der Waals surface area contributed by atoms with Gasteiger partial charge in [-0.3, -0.25) is 4.79 Å². The number of fused-ring (bicyclic) bond motifs is 1. The van der Waals surface area contributed by atoms with E-state index in [1.807, 2.05) is 25.1 Å². The summed E-state index contributed by atoms with van der Waals surface area (Å²) < 4.78 is 5.57. The van der Waals surface area contributed by atoms with Crippen LogP contribution in [0, 0.1) is 0 Å². The molecule has 1 heterocycles. The lowest BCUT2D eigenvalue weighted by atomic mass is 10.1. The molecule has 1 atom stereocenters. The molecule has 0 saturated heterocycles. The van der Waals surface area contributed by atoms with Crippen molar-refractivity contribution in [2.24, 2.45) is 5.73 Å². The molecule has 1 aromatic carbocycles. The van der Waals surface area contributed by atoms with Crippen LogP contribution in [0.25, 0.3) is 0 Å². The number of nitrogens with zero attached hydrogens (tertiary/aromatic N) is 1. The highest BCUT2D eigenvalue weighted by Gasteiger charge is 2.28. The van der Waals surface area contributed by atoms with E-state index in [-0.39, 0.29) is 5.91 Å². The summed E-state index contributed by atoms with van der Waals surface area (Å²) in [5.74, 6) is 0.849. The minimum Gasteiger partial charge on any atom is -0.494 e. The Morgan fingerprint density at radius 2 is 2.35 bits per heavy atom. The van der Waals surface area contributed by atoms with Crippen LogP contribution in [0.1, 0.15) is 19.4 Å². The third kappa shape index (κ3) is 2.13. The molecule has 0 aliphatic carbocycles. The summed E-state index contributed by atoms with van der Waals surface area (Å²) in [5.41, 5.74) is 7.70. The molecule has 2 N–H and O–H groups in total. The van der Waals surface area contributed by atoms with Crippen molar-refractivity contribution in [1.82, 2.24) is 0 Å². The molecule has 0 radical (unpaired) electrons. The highest BCUT2D eigenvalue weighted by atomic mass is 16.5. The van der Waals surface area contributed by atoms with E-state index in [4.69, 9.17) is 10.5 Å². The van der Waals surface area contributed by atoms with Gasteiger partial charge in [-0.1, -0.05) is 6.07 Å². The van der Waals surface area contributed by atoms with Crippen molar-refractivity contribution in [1.29, 1.82) is 0 Å².